The van der Waals surface area contributed by atoms with E-state index in [0.29, 0.717) is 3.57 Å². The van der Waals surface area contributed by atoms with Gasteiger partial charge in [-0.25, -0.2) is 8.78 Å². The summed E-state index contributed by atoms with van der Waals surface area (Å²) in [5.74, 6) is -1.67. The lowest BCUT2D eigenvalue weighted by molar-refractivity contribution is 0.359. The van der Waals surface area contributed by atoms with Gasteiger partial charge in [-0.1, -0.05) is 0 Å². The Kier molecular flexibility index (Phi) is 2.64. The van der Waals surface area contributed by atoms with E-state index < -0.39 is 11.6 Å². The molecule has 4 heteroatoms. The second-order valence-corrected chi connectivity index (χ2v) is 3.15. The molecule has 60 valence electrons. The molecule has 0 aromatic heterocycles. The summed E-state index contributed by atoms with van der Waals surface area (Å²) in [6, 6.07) is 2.42. The van der Waals surface area contributed by atoms with E-state index >= 15 is 0 Å². The first kappa shape index (κ1) is 8.70. The number of benzene rings is 1. The second kappa shape index (κ2) is 3.34. The quantitative estimate of drug-likeness (QED) is 0.713. The summed E-state index contributed by atoms with van der Waals surface area (Å²) in [6.45, 7) is 0. The van der Waals surface area contributed by atoms with E-state index in [-0.39, 0.29) is 5.75 Å². The number of hydrogen-bond acceptors (Lipinski definition) is 1. The molecular weight excluding hydrogens is 265 g/mol. The molecule has 0 unspecified atom stereocenters. The van der Waals surface area contributed by atoms with Crippen LogP contribution in [0.5, 0.6) is 5.75 Å². The van der Waals surface area contributed by atoms with Crippen molar-refractivity contribution in [2.75, 3.05) is 7.11 Å². The summed E-state index contributed by atoms with van der Waals surface area (Å²) < 4.78 is 30.5. The molecule has 0 aliphatic rings. The molecule has 1 aromatic rings. The molecule has 0 aliphatic carbocycles. The predicted molar refractivity (Wildman–Crippen MR) is 45.6 cm³/mol. The molecule has 11 heavy (non-hydrogen) atoms. The average Bonchev–Trinajstić information content (AvgIpc) is 1.85. The molecule has 0 spiro atoms. The van der Waals surface area contributed by atoms with Crippen LogP contribution in [0.15, 0.2) is 12.1 Å². The molecule has 0 aliphatic heterocycles. The van der Waals surface area contributed by atoms with Crippen LogP contribution in [0.25, 0.3) is 0 Å². The van der Waals surface area contributed by atoms with Gasteiger partial charge in [0.25, 0.3) is 0 Å². The molecule has 1 rings (SSSR count). The third-order valence-corrected chi connectivity index (χ3v) is 1.79. The van der Waals surface area contributed by atoms with Gasteiger partial charge in [-0.2, -0.15) is 0 Å². The predicted octanol–water partition coefficient (Wildman–Crippen LogP) is 2.58. The molecular formula is C7H5F2IO. The van der Waals surface area contributed by atoms with Gasteiger partial charge in [-0.3, -0.25) is 0 Å². The van der Waals surface area contributed by atoms with Crippen LogP contribution in [0.1, 0.15) is 0 Å². The van der Waals surface area contributed by atoms with Crippen molar-refractivity contribution in [3.63, 3.8) is 0 Å². The minimum atomic E-state index is -0.670. The highest BCUT2D eigenvalue weighted by atomic mass is 127. The fourth-order valence-electron chi connectivity index (χ4n) is 0.724. The smallest absolute Gasteiger partial charge is 0.190 e. The van der Waals surface area contributed by atoms with Crippen molar-refractivity contribution in [1.29, 1.82) is 0 Å². The Labute approximate surface area is 76.5 Å². The SMILES string of the molecule is COc1c(F)cc(I)cc1F. The highest BCUT2D eigenvalue weighted by Gasteiger charge is 2.09. The van der Waals surface area contributed by atoms with Gasteiger partial charge < -0.3 is 4.74 Å². The highest BCUT2D eigenvalue weighted by Crippen LogP contribution is 2.23. The second-order valence-electron chi connectivity index (χ2n) is 1.90. The zero-order chi connectivity index (χ0) is 8.43. The summed E-state index contributed by atoms with van der Waals surface area (Å²) in [5.41, 5.74) is 0. The van der Waals surface area contributed by atoms with E-state index in [0.717, 1.165) is 0 Å². The topological polar surface area (TPSA) is 9.23 Å². The minimum absolute atomic E-state index is 0.328. The van der Waals surface area contributed by atoms with Crippen LogP contribution in [-0.2, 0) is 0 Å². The first-order chi connectivity index (χ1) is 5.15. The number of rotatable bonds is 1. The number of halogens is 3. The normalized spacial score (nSPS) is 9.82. The Morgan fingerprint density at radius 2 is 1.73 bits per heavy atom. The standard InChI is InChI=1S/C7H5F2IO/c1-11-7-5(8)2-4(10)3-6(7)9/h2-3H,1H3. The molecule has 0 fully saturated rings. The van der Waals surface area contributed by atoms with Crippen LogP contribution in [-0.4, -0.2) is 7.11 Å². The largest absolute Gasteiger partial charge is 0.491 e. The van der Waals surface area contributed by atoms with Gasteiger partial charge in [0.05, 0.1) is 7.11 Å². The van der Waals surface area contributed by atoms with Gasteiger partial charge in [0, 0.05) is 3.57 Å². The van der Waals surface area contributed by atoms with Gasteiger partial charge in [0.1, 0.15) is 0 Å². The summed E-state index contributed by atoms with van der Waals surface area (Å²) >= 11 is 1.83. The molecule has 1 aromatic carbocycles. The Balaban J connectivity index is 3.25. The zero-order valence-electron chi connectivity index (χ0n) is 5.70. The van der Waals surface area contributed by atoms with Crippen LogP contribution in [0, 0.1) is 15.2 Å². The van der Waals surface area contributed by atoms with Crippen molar-refractivity contribution in [2.24, 2.45) is 0 Å². The molecule has 0 N–H and O–H groups in total. The lowest BCUT2D eigenvalue weighted by Crippen LogP contribution is -1.92. The van der Waals surface area contributed by atoms with E-state index in [1.165, 1.54) is 19.2 Å². The molecule has 0 bridgehead atoms. The fourth-order valence-corrected chi connectivity index (χ4v) is 1.27. The van der Waals surface area contributed by atoms with Gasteiger partial charge in [-0.05, 0) is 34.7 Å². The Hall–Kier alpha value is -0.390. The van der Waals surface area contributed by atoms with E-state index in [4.69, 9.17) is 0 Å². The number of ether oxygens (including phenoxy) is 1. The van der Waals surface area contributed by atoms with E-state index in [2.05, 4.69) is 4.74 Å². The average molecular weight is 270 g/mol. The van der Waals surface area contributed by atoms with E-state index in [1.54, 1.807) is 0 Å². The summed E-state index contributed by atoms with van der Waals surface area (Å²) in [6.07, 6.45) is 0. The molecule has 0 saturated carbocycles. The van der Waals surface area contributed by atoms with E-state index in [1.807, 2.05) is 22.6 Å². The van der Waals surface area contributed by atoms with Crippen molar-refractivity contribution in [3.05, 3.63) is 27.3 Å². The maximum atomic E-state index is 12.7. The van der Waals surface area contributed by atoms with Gasteiger partial charge >= 0.3 is 0 Å². The van der Waals surface area contributed by atoms with Crippen LogP contribution < -0.4 is 4.74 Å². The monoisotopic (exact) mass is 270 g/mol. The number of hydrogen-bond donors (Lipinski definition) is 0. The highest BCUT2D eigenvalue weighted by molar-refractivity contribution is 14.1. The molecule has 1 nitrogen and oxygen atoms in total. The molecule has 0 radical (unpaired) electrons. The molecule has 0 saturated heterocycles. The lowest BCUT2D eigenvalue weighted by atomic mass is 10.3. The van der Waals surface area contributed by atoms with Crippen LogP contribution >= 0.6 is 22.6 Å². The lowest BCUT2D eigenvalue weighted by Gasteiger charge is -2.02. The van der Waals surface area contributed by atoms with Crippen LogP contribution in [0.4, 0.5) is 8.78 Å². The number of methoxy groups -OCH3 is 1. The van der Waals surface area contributed by atoms with Crippen molar-refractivity contribution < 1.29 is 13.5 Å². The third-order valence-electron chi connectivity index (χ3n) is 1.17. The Bertz CT molecular complexity index is 252. The Morgan fingerprint density at radius 3 is 2.09 bits per heavy atom. The molecule has 0 amide bonds. The molecule has 0 atom stereocenters. The molecule has 0 heterocycles. The Morgan fingerprint density at radius 1 is 1.27 bits per heavy atom. The fraction of sp³-hybridized carbons (Fsp3) is 0.143. The summed E-state index contributed by atoms with van der Waals surface area (Å²) in [4.78, 5) is 0. The summed E-state index contributed by atoms with van der Waals surface area (Å²) in [7, 11) is 1.23. The van der Waals surface area contributed by atoms with Crippen molar-refractivity contribution in [2.45, 2.75) is 0 Å². The van der Waals surface area contributed by atoms with E-state index in [9.17, 15) is 8.78 Å². The zero-order valence-corrected chi connectivity index (χ0v) is 7.85. The van der Waals surface area contributed by atoms with Crippen LogP contribution in [0.2, 0.25) is 0 Å². The van der Waals surface area contributed by atoms with Crippen molar-refractivity contribution in [3.8, 4) is 5.75 Å². The minimum Gasteiger partial charge on any atom is -0.491 e. The maximum Gasteiger partial charge on any atom is 0.190 e. The van der Waals surface area contributed by atoms with Crippen molar-refractivity contribution >= 4 is 22.6 Å². The van der Waals surface area contributed by atoms with Gasteiger partial charge in [0.15, 0.2) is 17.4 Å². The van der Waals surface area contributed by atoms with Crippen molar-refractivity contribution in [1.82, 2.24) is 0 Å². The maximum absolute atomic E-state index is 12.7. The van der Waals surface area contributed by atoms with Gasteiger partial charge in [-0.15, -0.1) is 0 Å². The third kappa shape index (κ3) is 1.79. The van der Waals surface area contributed by atoms with Gasteiger partial charge in [0.2, 0.25) is 0 Å². The summed E-state index contributed by atoms with van der Waals surface area (Å²) in [5, 5.41) is 0. The van der Waals surface area contributed by atoms with Crippen LogP contribution in [0.3, 0.4) is 0 Å². The first-order valence-electron chi connectivity index (χ1n) is 2.83. The first-order valence-corrected chi connectivity index (χ1v) is 3.91.